The van der Waals surface area contributed by atoms with Crippen LogP contribution >= 0.6 is 0 Å². The molecule has 3 nitrogen and oxygen atoms in total. The van der Waals surface area contributed by atoms with Gasteiger partial charge in [0, 0.05) is 18.2 Å². The zero-order chi connectivity index (χ0) is 10.6. The number of hydrogen-bond donors (Lipinski definition) is 2. The number of aliphatic hydroxyl groups is 1. The molecule has 0 aliphatic rings. The minimum atomic E-state index is -0.491. The molecule has 0 aromatic heterocycles. The van der Waals surface area contributed by atoms with Gasteiger partial charge < -0.3 is 15.6 Å². The number of methoxy groups -OCH3 is 1. The predicted molar refractivity (Wildman–Crippen MR) is 51.6 cm³/mol. The average Bonchev–Trinajstić information content (AvgIpc) is 2.18. The summed E-state index contributed by atoms with van der Waals surface area (Å²) in [5.41, 5.74) is 6.05. The summed E-state index contributed by atoms with van der Waals surface area (Å²) in [6, 6.07) is 4.31. The van der Waals surface area contributed by atoms with Crippen molar-refractivity contribution < 1.29 is 14.2 Å². The molecule has 0 spiro atoms. The summed E-state index contributed by atoms with van der Waals surface area (Å²) in [4.78, 5) is 0. The molecule has 0 aliphatic carbocycles. The van der Waals surface area contributed by atoms with Crippen LogP contribution in [-0.4, -0.2) is 18.8 Å². The quantitative estimate of drug-likeness (QED) is 0.766. The molecule has 1 rings (SSSR count). The zero-order valence-electron chi connectivity index (χ0n) is 8.03. The lowest BCUT2D eigenvalue weighted by Gasteiger charge is -2.13. The number of benzene rings is 1. The maximum absolute atomic E-state index is 13.6. The molecule has 0 amide bonds. The first kappa shape index (κ1) is 10.9. The van der Waals surface area contributed by atoms with E-state index in [4.69, 9.17) is 15.6 Å². The van der Waals surface area contributed by atoms with Gasteiger partial charge in [-0.3, -0.25) is 0 Å². The second kappa shape index (κ2) is 4.93. The van der Waals surface area contributed by atoms with Crippen molar-refractivity contribution in [2.45, 2.75) is 12.5 Å². The lowest BCUT2D eigenvalue weighted by atomic mass is 10.0. The molecular weight excluding hydrogens is 185 g/mol. The highest BCUT2D eigenvalue weighted by molar-refractivity contribution is 5.32. The van der Waals surface area contributed by atoms with E-state index in [9.17, 15) is 4.39 Å². The van der Waals surface area contributed by atoms with Crippen LogP contribution in [-0.2, 0) is 0 Å². The summed E-state index contributed by atoms with van der Waals surface area (Å²) in [6.45, 7) is -0.0577. The standard InChI is InChI=1S/C10H14FNO2/c1-14-9-4-2-3-7(10(9)11)8(12)5-6-13/h2-4,8,13H,5-6,12H2,1H3/t8-/m1/s1. The fraction of sp³-hybridized carbons (Fsp3) is 0.400. The zero-order valence-corrected chi connectivity index (χ0v) is 8.03. The SMILES string of the molecule is COc1cccc([C@H](N)CCO)c1F. The van der Waals surface area contributed by atoms with Gasteiger partial charge in [0.25, 0.3) is 0 Å². The van der Waals surface area contributed by atoms with E-state index in [2.05, 4.69) is 0 Å². The maximum atomic E-state index is 13.6. The van der Waals surface area contributed by atoms with Gasteiger partial charge in [0.2, 0.25) is 0 Å². The van der Waals surface area contributed by atoms with Crippen LogP contribution in [0.25, 0.3) is 0 Å². The number of rotatable bonds is 4. The highest BCUT2D eigenvalue weighted by Crippen LogP contribution is 2.24. The van der Waals surface area contributed by atoms with Crippen molar-refractivity contribution in [2.24, 2.45) is 5.73 Å². The van der Waals surface area contributed by atoms with E-state index in [1.54, 1.807) is 12.1 Å². The molecule has 0 fully saturated rings. The number of halogens is 1. The summed E-state index contributed by atoms with van der Waals surface area (Å²) in [5, 5.41) is 8.68. The minimum absolute atomic E-state index is 0.0577. The van der Waals surface area contributed by atoms with Crippen LogP contribution < -0.4 is 10.5 Å². The van der Waals surface area contributed by atoms with Crippen molar-refractivity contribution >= 4 is 0 Å². The van der Waals surface area contributed by atoms with E-state index in [1.807, 2.05) is 0 Å². The van der Waals surface area contributed by atoms with Crippen LogP contribution in [0.15, 0.2) is 18.2 Å². The third kappa shape index (κ3) is 2.21. The Kier molecular flexibility index (Phi) is 3.85. The molecule has 0 unspecified atom stereocenters. The fourth-order valence-corrected chi connectivity index (χ4v) is 1.27. The second-order valence-corrected chi connectivity index (χ2v) is 2.98. The predicted octanol–water partition coefficient (Wildman–Crippen LogP) is 1.22. The lowest BCUT2D eigenvalue weighted by Crippen LogP contribution is -2.14. The van der Waals surface area contributed by atoms with Gasteiger partial charge in [-0.2, -0.15) is 0 Å². The Morgan fingerprint density at radius 2 is 2.29 bits per heavy atom. The molecule has 78 valence electrons. The first-order valence-corrected chi connectivity index (χ1v) is 4.39. The van der Waals surface area contributed by atoms with Gasteiger partial charge in [0.05, 0.1) is 7.11 Å². The molecule has 0 saturated carbocycles. The lowest BCUT2D eigenvalue weighted by molar-refractivity contribution is 0.275. The Morgan fingerprint density at radius 1 is 1.57 bits per heavy atom. The van der Waals surface area contributed by atoms with Crippen molar-refractivity contribution in [3.8, 4) is 5.75 Å². The Hall–Kier alpha value is -1.13. The van der Waals surface area contributed by atoms with E-state index in [0.29, 0.717) is 12.0 Å². The van der Waals surface area contributed by atoms with Gasteiger partial charge in [-0.05, 0) is 12.5 Å². The molecule has 1 atom stereocenters. The third-order valence-electron chi connectivity index (χ3n) is 2.05. The van der Waals surface area contributed by atoms with Crippen LogP contribution in [0.5, 0.6) is 5.75 Å². The summed E-state index contributed by atoms with van der Waals surface area (Å²) in [5.74, 6) is -0.271. The molecule has 0 bridgehead atoms. The van der Waals surface area contributed by atoms with Crippen LogP contribution in [0, 0.1) is 5.82 Å². The molecule has 1 aromatic carbocycles. The van der Waals surface area contributed by atoms with Gasteiger partial charge in [-0.15, -0.1) is 0 Å². The minimum Gasteiger partial charge on any atom is -0.494 e. The first-order valence-electron chi connectivity index (χ1n) is 4.39. The Bertz CT molecular complexity index is 304. The fourth-order valence-electron chi connectivity index (χ4n) is 1.27. The van der Waals surface area contributed by atoms with Gasteiger partial charge in [0.15, 0.2) is 11.6 Å². The maximum Gasteiger partial charge on any atom is 0.169 e. The van der Waals surface area contributed by atoms with Crippen LogP contribution in [0.3, 0.4) is 0 Å². The summed E-state index contributed by atoms with van der Waals surface area (Å²) >= 11 is 0. The molecule has 0 heterocycles. The van der Waals surface area contributed by atoms with Crippen LogP contribution in [0.4, 0.5) is 4.39 Å². The van der Waals surface area contributed by atoms with Crippen LogP contribution in [0.1, 0.15) is 18.0 Å². The average molecular weight is 199 g/mol. The molecule has 4 heteroatoms. The van der Waals surface area contributed by atoms with Gasteiger partial charge >= 0.3 is 0 Å². The monoisotopic (exact) mass is 199 g/mol. The van der Waals surface area contributed by atoms with Crippen LogP contribution in [0.2, 0.25) is 0 Å². The summed E-state index contributed by atoms with van der Waals surface area (Å²) < 4.78 is 18.4. The van der Waals surface area contributed by atoms with Crippen molar-refractivity contribution in [1.29, 1.82) is 0 Å². The van der Waals surface area contributed by atoms with E-state index in [-0.39, 0.29) is 12.4 Å². The largest absolute Gasteiger partial charge is 0.494 e. The molecule has 14 heavy (non-hydrogen) atoms. The van der Waals surface area contributed by atoms with E-state index >= 15 is 0 Å². The first-order chi connectivity index (χ1) is 6.70. The Morgan fingerprint density at radius 3 is 2.86 bits per heavy atom. The number of hydrogen-bond acceptors (Lipinski definition) is 3. The van der Waals surface area contributed by atoms with Gasteiger partial charge in [0.1, 0.15) is 0 Å². The number of aliphatic hydroxyl groups excluding tert-OH is 1. The summed E-state index contributed by atoms with van der Waals surface area (Å²) in [7, 11) is 1.40. The number of ether oxygens (including phenoxy) is 1. The number of nitrogens with two attached hydrogens (primary N) is 1. The van der Waals surface area contributed by atoms with Crippen molar-refractivity contribution in [3.63, 3.8) is 0 Å². The summed E-state index contributed by atoms with van der Waals surface area (Å²) in [6.07, 6.45) is 0.337. The molecule has 1 aromatic rings. The normalized spacial score (nSPS) is 12.6. The van der Waals surface area contributed by atoms with Crippen molar-refractivity contribution in [2.75, 3.05) is 13.7 Å². The molecule has 0 radical (unpaired) electrons. The van der Waals surface area contributed by atoms with Gasteiger partial charge in [-0.1, -0.05) is 12.1 Å². The van der Waals surface area contributed by atoms with E-state index in [0.717, 1.165) is 0 Å². The molecule has 0 aliphatic heterocycles. The third-order valence-corrected chi connectivity index (χ3v) is 2.05. The Labute approximate surface area is 82.3 Å². The molecule has 0 saturated heterocycles. The molecular formula is C10H14FNO2. The topological polar surface area (TPSA) is 55.5 Å². The molecule has 3 N–H and O–H groups in total. The Balaban J connectivity index is 2.96. The highest BCUT2D eigenvalue weighted by atomic mass is 19.1. The van der Waals surface area contributed by atoms with Crippen molar-refractivity contribution in [3.05, 3.63) is 29.6 Å². The van der Waals surface area contributed by atoms with Crippen molar-refractivity contribution in [1.82, 2.24) is 0 Å². The smallest absolute Gasteiger partial charge is 0.169 e. The van der Waals surface area contributed by atoms with E-state index in [1.165, 1.54) is 13.2 Å². The highest BCUT2D eigenvalue weighted by Gasteiger charge is 2.14. The second-order valence-electron chi connectivity index (χ2n) is 2.98. The van der Waals surface area contributed by atoms with E-state index < -0.39 is 11.9 Å². The van der Waals surface area contributed by atoms with Gasteiger partial charge in [-0.25, -0.2) is 4.39 Å².